The first-order valence-electron chi connectivity index (χ1n) is 6.21. The summed E-state index contributed by atoms with van der Waals surface area (Å²) in [7, 11) is 0. The van der Waals surface area contributed by atoms with Crippen LogP contribution in [-0.4, -0.2) is 23.8 Å². The van der Waals surface area contributed by atoms with Gasteiger partial charge in [0.25, 0.3) is 0 Å². The molecule has 1 atom stereocenters. The zero-order valence-corrected chi connectivity index (χ0v) is 10.4. The Hall–Kier alpha value is -0.830. The molecule has 0 aliphatic heterocycles. The number of hydrogen-bond acceptors (Lipinski definition) is 2. The first kappa shape index (κ1) is 15.2. The number of carboxylic acid groups (broad SMARTS) is 1. The highest BCUT2D eigenvalue weighted by Gasteiger charge is 2.14. The van der Waals surface area contributed by atoms with Crippen LogP contribution in [0.1, 0.15) is 52.4 Å². The van der Waals surface area contributed by atoms with Crippen molar-refractivity contribution in [2.75, 3.05) is 6.61 Å². The highest BCUT2D eigenvalue weighted by atomic mass is 16.5. The molecular formula is C13H24O3. The molecule has 0 rings (SSSR count). The minimum Gasteiger partial charge on any atom is -0.479 e. The molecule has 0 bridgehead atoms. The molecule has 0 aliphatic carbocycles. The maximum atomic E-state index is 10.7. The topological polar surface area (TPSA) is 46.5 Å². The molecule has 0 heterocycles. The lowest BCUT2D eigenvalue weighted by Crippen LogP contribution is -2.22. The third kappa shape index (κ3) is 8.48. The minimum atomic E-state index is -0.877. The van der Waals surface area contributed by atoms with Gasteiger partial charge in [0.15, 0.2) is 6.10 Å². The molecule has 3 nitrogen and oxygen atoms in total. The fourth-order valence-electron chi connectivity index (χ4n) is 1.47. The van der Waals surface area contributed by atoms with Gasteiger partial charge in [-0.25, -0.2) is 4.79 Å². The predicted molar refractivity (Wildman–Crippen MR) is 65.6 cm³/mol. The Kier molecular flexibility index (Phi) is 10.1. The van der Waals surface area contributed by atoms with E-state index in [9.17, 15) is 4.79 Å². The van der Waals surface area contributed by atoms with Gasteiger partial charge in [-0.1, -0.05) is 38.3 Å². The Labute approximate surface area is 98.5 Å². The lowest BCUT2D eigenvalue weighted by molar-refractivity contribution is -0.149. The van der Waals surface area contributed by atoms with E-state index in [1.807, 2.05) is 13.0 Å². The summed E-state index contributed by atoms with van der Waals surface area (Å²) in [5, 5.41) is 8.82. The molecule has 0 aromatic carbocycles. The normalized spacial score (nSPS) is 13.1. The fraction of sp³-hybridized carbons (Fsp3) is 0.769. The summed E-state index contributed by atoms with van der Waals surface area (Å²) in [5.74, 6) is -0.877. The molecule has 3 heteroatoms. The molecule has 0 aliphatic rings. The van der Waals surface area contributed by atoms with Gasteiger partial charge in [-0.15, -0.1) is 0 Å². The van der Waals surface area contributed by atoms with Crippen molar-refractivity contribution in [3.05, 3.63) is 12.2 Å². The van der Waals surface area contributed by atoms with E-state index in [0.717, 1.165) is 6.42 Å². The smallest absolute Gasteiger partial charge is 0.333 e. The Morgan fingerprint density at radius 1 is 1.25 bits per heavy atom. The van der Waals surface area contributed by atoms with Crippen molar-refractivity contribution in [1.29, 1.82) is 0 Å². The van der Waals surface area contributed by atoms with Crippen molar-refractivity contribution >= 4 is 5.97 Å². The van der Waals surface area contributed by atoms with Gasteiger partial charge >= 0.3 is 5.97 Å². The Morgan fingerprint density at radius 3 is 2.56 bits per heavy atom. The summed E-state index contributed by atoms with van der Waals surface area (Å²) < 4.78 is 5.10. The quantitative estimate of drug-likeness (QED) is 0.460. The number of hydrogen-bond donors (Lipinski definition) is 1. The summed E-state index contributed by atoms with van der Waals surface area (Å²) in [5.41, 5.74) is 0. The predicted octanol–water partition coefficient (Wildman–Crippen LogP) is 3.39. The summed E-state index contributed by atoms with van der Waals surface area (Å²) in [6, 6.07) is 0. The molecular weight excluding hydrogens is 204 g/mol. The zero-order chi connectivity index (χ0) is 12.2. The van der Waals surface area contributed by atoms with Crippen molar-refractivity contribution in [2.24, 2.45) is 0 Å². The molecule has 0 amide bonds. The average Bonchev–Trinajstić information content (AvgIpc) is 2.26. The van der Waals surface area contributed by atoms with E-state index in [4.69, 9.17) is 9.84 Å². The van der Waals surface area contributed by atoms with Crippen molar-refractivity contribution in [2.45, 2.75) is 58.5 Å². The van der Waals surface area contributed by atoms with Gasteiger partial charge < -0.3 is 9.84 Å². The molecule has 0 saturated carbocycles. The van der Waals surface area contributed by atoms with Crippen molar-refractivity contribution < 1.29 is 14.6 Å². The van der Waals surface area contributed by atoms with Gasteiger partial charge in [0.05, 0.1) is 0 Å². The molecule has 0 radical (unpaired) electrons. The molecule has 94 valence electrons. The van der Waals surface area contributed by atoms with E-state index < -0.39 is 12.1 Å². The lowest BCUT2D eigenvalue weighted by atomic mass is 10.1. The standard InChI is InChI=1S/C13H24O3/c1-3-5-6-7-8-9-10-11-12(13(14)15)16-4-2/h9-10,12H,3-8,11H2,1-2H3,(H,14,15). The van der Waals surface area contributed by atoms with E-state index in [1.54, 1.807) is 0 Å². The van der Waals surface area contributed by atoms with E-state index >= 15 is 0 Å². The van der Waals surface area contributed by atoms with E-state index in [-0.39, 0.29) is 0 Å². The lowest BCUT2D eigenvalue weighted by Gasteiger charge is -2.08. The van der Waals surface area contributed by atoms with Crippen LogP contribution in [0.4, 0.5) is 0 Å². The molecule has 0 spiro atoms. The number of aliphatic carboxylic acids is 1. The highest BCUT2D eigenvalue weighted by Crippen LogP contribution is 2.05. The van der Waals surface area contributed by atoms with Crippen LogP contribution in [-0.2, 0) is 9.53 Å². The SMILES string of the molecule is CCCCCCC=CCC(OCC)C(=O)O. The van der Waals surface area contributed by atoms with Gasteiger partial charge in [0.2, 0.25) is 0 Å². The molecule has 1 unspecified atom stereocenters. The van der Waals surface area contributed by atoms with E-state index in [2.05, 4.69) is 13.0 Å². The summed E-state index contributed by atoms with van der Waals surface area (Å²) in [4.78, 5) is 10.7. The van der Waals surface area contributed by atoms with Gasteiger partial charge in [-0.3, -0.25) is 0 Å². The first-order chi connectivity index (χ1) is 7.72. The summed E-state index contributed by atoms with van der Waals surface area (Å²) >= 11 is 0. The molecule has 16 heavy (non-hydrogen) atoms. The second kappa shape index (κ2) is 10.7. The van der Waals surface area contributed by atoms with Crippen LogP contribution in [0.3, 0.4) is 0 Å². The molecule has 0 fully saturated rings. The Morgan fingerprint density at radius 2 is 2.00 bits per heavy atom. The van der Waals surface area contributed by atoms with Crippen LogP contribution in [0.5, 0.6) is 0 Å². The number of unbranched alkanes of at least 4 members (excludes halogenated alkanes) is 4. The van der Waals surface area contributed by atoms with Crippen LogP contribution in [0, 0.1) is 0 Å². The summed E-state index contributed by atoms with van der Waals surface area (Å²) in [6.45, 7) is 4.45. The van der Waals surface area contributed by atoms with E-state index in [0.29, 0.717) is 13.0 Å². The molecule has 0 saturated heterocycles. The molecule has 1 N–H and O–H groups in total. The Balaban J connectivity index is 3.58. The zero-order valence-electron chi connectivity index (χ0n) is 10.4. The average molecular weight is 228 g/mol. The van der Waals surface area contributed by atoms with Crippen molar-refractivity contribution in [1.82, 2.24) is 0 Å². The van der Waals surface area contributed by atoms with Crippen LogP contribution in [0.2, 0.25) is 0 Å². The largest absolute Gasteiger partial charge is 0.479 e. The number of ether oxygens (including phenoxy) is 1. The second-order valence-corrected chi connectivity index (χ2v) is 3.84. The number of rotatable bonds is 10. The van der Waals surface area contributed by atoms with Gasteiger partial charge in [0, 0.05) is 13.0 Å². The number of carbonyl (C=O) groups is 1. The number of carboxylic acids is 1. The van der Waals surface area contributed by atoms with Gasteiger partial charge in [-0.2, -0.15) is 0 Å². The van der Waals surface area contributed by atoms with Crippen LogP contribution < -0.4 is 0 Å². The van der Waals surface area contributed by atoms with Crippen molar-refractivity contribution in [3.8, 4) is 0 Å². The van der Waals surface area contributed by atoms with E-state index in [1.165, 1.54) is 25.7 Å². The maximum absolute atomic E-state index is 10.7. The molecule has 0 aromatic rings. The number of allylic oxidation sites excluding steroid dienone is 1. The third-order valence-corrected chi connectivity index (χ3v) is 2.38. The first-order valence-corrected chi connectivity index (χ1v) is 6.21. The van der Waals surface area contributed by atoms with Crippen LogP contribution in [0.25, 0.3) is 0 Å². The van der Waals surface area contributed by atoms with Gasteiger partial charge in [-0.05, 0) is 19.8 Å². The minimum absolute atomic E-state index is 0.446. The van der Waals surface area contributed by atoms with Crippen LogP contribution in [0.15, 0.2) is 12.2 Å². The van der Waals surface area contributed by atoms with Gasteiger partial charge in [0.1, 0.15) is 0 Å². The Bertz CT molecular complexity index is 199. The monoisotopic (exact) mass is 228 g/mol. The third-order valence-electron chi connectivity index (χ3n) is 2.38. The van der Waals surface area contributed by atoms with Crippen LogP contribution >= 0.6 is 0 Å². The van der Waals surface area contributed by atoms with Crippen molar-refractivity contribution in [3.63, 3.8) is 0 Å². The fourth-order valence-corrected chi connectivity index (χ4v) is 1.47. The summed E-state index contributed by atoms with van der Waals surface area (Å²) in [6.07, 6.45) is 9.78. The maximum Gasteiger partial charge on any atom is 0.333 e. The highest BCUT2D eigenvalue weighted by molar-refractivity contribution is 5.72. The second-order valence-electron chi connectivity index (χ2n) is 3.84. The molecule has 0 aromatic heterocycles.